The number of phenolic OH excluding ortho intramolecular Hbond substituents is 1. The summed E-state index contributed by atoms with van der Waals surface area (Å²) in [6.07, 6.45) is 1.64. The van der Waals surface area contributed by atoms with Crippen LogP contribution in [0.1, 0.15) is 43.4 Å². The molecule has 0 saturated heterocycles. The van der Waals surface area contributed by atoms with Crippen LogP contribution >= 0.6 is 0 Å². The molecule has 0 heterocycles. The lowest BCUT2D eigenvalue weighted by Crippen LogP contribution is -2.26. The topological polar surface area (TPSA) is 37.3 Å². The Kier molecular flexibility index (Phi) is 2.75. The second-order valence-electron chi connectivity index (χ2n) is 4.76. The van der Waals surface area contributed by atoms with Crippen LogP contribution in [0.15, 0.2) is 12.1 Å². The monoisotopic (exact) mass is 218 g/mol. The van der Waals surface area contributed by atoms with Gasteiger partial charge in [0, 0.05) is 11.8 Å². The Bertz CT molecular complexity index is 435. The minimum atomic E-state index is -0.0736. The molecule has 2 unspecified atom stereocenters. The average Bonchev–Trinajstić information content (AvgIpc) is 2.27. The van der Waals surface area contributed by atoms with Gasteiger partial charge in [-0.05, 0) is 35.6 Å². The SMILES string of the molecule is CCc1cc2c(cc1O)C(C)C(=O)C(C)C2. The van der Waals surface area contributed by atoms with E-state index in [-0.39, 0.29) is 17.6 Å². The number of aromatic hydroxyl groups is 1. The summed E-state index contributed by atoms with van der Waals surface area (Å²) in [5.41, 5.74) is 3.22. The summed E-state index contributed by atoms with van der Waals surface area (Å²) < 4.78 is 0. The summed E-state index contributed by atoms with van der Waals surface area (Å²) >= 11 is 0. The fraction of sp³-hybridized carbons (Fsp3) is 0.500. The van der Waals surface area contributed by atoms with Gasteiger partial charge in [0.2, 0.25) is 0 Å². The van der Waals surface area contributed by atoms with E-state index >= 15 is 0 Å². The predicted octanol–water partition coefficient (Wildman–Crippen LogP) is 2.82. The molecule has 0 saturated carbocycles. The molecule has 1 N–H and O–H groups in total. The molecule has 1 aliphatic carbocycles. The van der Waals surface area contributed by atoms with Gasteiger partial charge in [0.15, 0.2) is 0 Å². The number of benzene rings is 1. The van der Waals surface area contributed by atoms with Gasteiger partial charge in [-0.25, -0.2) is 0 Å². The van der Waals surface area contributed by atoms with Crippen molar-refractivity contribution in [1.82, 2.24) is 0 Å². The molecule has 2 nitrogen and oxygen atoms in total. The van der Waals surface area contributed by atoms with Gasteiger partial charge in [-0.15, -0.1) is 0 Å². The van der Waals surface area contributed by atoms with Crippen molar-refractivity contribution < 1.29 is 9.90 Å². The van der Waals surface area contributed by atoms with Crippen LogP contribution in [0.5, 0.6) is 5.75 Å². The van der Waals surface area contributed by atoms with Crippen molar-refractivity contribution in [3.63, 3.8) is 0 Å². The van der Waals surface area contributed by atoms with E-state index in [2.05, 4.69) is 6.07 Å². The highest BCUT2D eigenvalue weighted by molar-refractivity contribution is 5.89. The number of rotatable bonds is 1. The maximum absolute atomic E-state index is 11.9. The fourth-order valence-electron chi connectivity index (χ4n) is 2.57. The van der Waals surface area contributed by atoms with Crippen LogP contribution in [0.25, 0.3) is 0 Å². The van der Waals surface area contributed by atoms with Crippen LogP contribution in [0.4, 0.5) is 0 Å². The lowest BCUT2D eigenvalue weighted by molar-refractivity contribution is -0.124. The first kappa shape index (κ1) is 11.2. The van der Waals surface area contributed by atoms with Crippen molar-refractivity contribution in [1.29, 1.82) is 0 Å². The zero-order valence-corrected chi connectivity index (χ0v) is 10.1. The molecular formula is C14H18O2. The van der Waals surface area contributed by atoms with Gasteiger partial charge < -0.3 is 5.11 Å². The second kappa shape index (κ2) is 3.93. The number of carbonyl (C=O) groups excluding carboxylic acids is 1. The molecule has 1 aliphatic rings. The Balaban J connectivity index is 2.53. The maximum atomic E-state index is 11.9. The minimum Gasteiger partial charge on any atom is -0.508 e. The molecular weight excluding hydrogens is 200 g/mol. The van der Waals surface area contributed by atoms with Crippen molar-refractivity contribution in [3.05, 3.63) is 28.8 Å². The second-order valence-corrected chi connectivity index (χ2v) is 4.76. The molecule has 1 aromatic carbocycles. The Morgan fingerprint density at radius 1 is 1.38 bits per heavy atom. The number of hydrogen-bond donors (Lipinski definition) is 1. The van der Waals surface area contributed by atoms with Crippen LogP contribution in [0.2, 0.25) is 0 Å². The van der Waals surface area contributed by atoms with E-state index in [1.165, 1.54) is 5.56 Å². The molecule has 0 bridgehead atoms. The van der Waals surface area contributed by atoms with E-state index in [0.29, 0.717) is 5.75 Å². The third-order valence-corrected chi connectivity index (χ3v) is 3.63. The molecule has 1 aromatic rings. The molecule has 0 radical (unpaired) electrons. The third-order valence-electron chi connectivity index (χ3n) is 3.63. The highest BCUT2D eigenvalue weighted by Gasteiger charge is 2.30. The van der Waals surface area contributed by atoms with E-state index in [1.54, 1.807) is 6.07 Å². The number of fused-ring (bicyclic) bond motifs is 1. The van der Waals surface area contributed by atoms with Crippen molar-refractivity contribution in [3.8, 4) is 5.75 Å². The first-order valence-corrected chi connectivity index (χ1v) is 5.93. The molecule has 16 heavy (non-hydrogen) atoms. The minimum absolute atomic E-state index is 0.0736. The molecule has 0 aliphatic heterocycles. The van der Waals surface area contributed by atoms with Gasteiger partial charge in [0.05, 0.1) is 0 Å². The molecule has 2 rings (SSSR count). The van der Waals surface area contributed by atoms with E-state index < -0.39 is 0 Å². The highest BCUT2D eigenvalue weighted by Crippen LogP contribution is 2.35. The number of Topliss-reactive ketones (excluding diaryl/α,β-unsaturated/α-hetero) is 1. The zero-order chi connectivity index (χ0) is 11.9. The maximum Gasteiger partial charge on any atom is 0.143 e. The molecule has 2 heteroatoms. The first-order valence-electron chi connectivity index (χ1n) is 5.93. The molecule has 0 fully saturated rings. The van der Waals surface area contributed by atoms with Crippen molar-refractivity contribution in [2.24, 2.45) is 5.92 Å². The lowest BCUT2D eigenvalue weighted by Gasteiger charge is -2.27. The van der Waals surface area contributed by atoms with Crippen molar-refractivity contribution >= 4 is 5.78 Å². The summed E-state index contributed by atoms with van der Waals surface area (Å²) in [5.74, 6) is 0.652. The van der Waals surface area contributed by atoms with E-state index in [0.717, 1.165) is 24.0 Å². The quantitative estimate of drug-likeness (QED) is 0.787. The van der Waals surface area contributed by atoms with Crippen LogP contribution < -0.4 is 0 Å². The standard InChI is InChI=1S/C14H18O2/c1-4-10-6-11-5-8(2)14(16)9(3)12(11)7-13(10)15/h6-9,15H,4-5H2,1-3H3. The Labute approximate surface area is 96.3 Å². The van der Waals surface area contributed by atoms with Gasteiger partial charge in [-0.3, -0.25) is 4.79 Å². The van der Waals surface area contributed by atoms with Gasteiger partial charge >= 0.3 is 0 Å². The fourth-order valence-corrected chi connectivity index (χ4v) is 2.57. The summed E-state index contributed by atoms with van der Waals surface area (Å²) in [6, 6.07) is 3.84. The normalized spacial score (nSPS) is 24.3. The van der Waals surface area contributed by atoms with E-state index in [9.17, 15) is 9.90 Å². The van der Waals surface area contributed by atoms with Crippen molar-refractivity contribution in [2.75, 3.05) is 0 Å². The molecule has 86 valence electrons. The summed E-state index contributed by atoms with van der Waals surface area (Å²) in [6.45, 7) is 5.95. The zero-order valence-electron chi connectivity index (χ0n) is 10.1. The largest absolute Gasteiger partial charge is 0.508 e. The number of hydrogen-bond acceptors (Lipinski definition) is 2. The highest BCUT2D eigenvalue weighted by atomic mass is 16.3. The number of phenols is 1. The molecule has 0 spiro atoms. The summed E-state index contributed by atoms with van der Waals surface area (Å²) in [5, 5.41) is 9.83. The predicted molar refractivity (Wildman–Crippen MR) is 63.8 cm³/mol. The molecule has 0 amide bonds. The average molecular weight is 218 g/mol. The number of ketones is 1. The van der Waals surface area contributed by atoms with E-state index in [4.69, 9.17) is 0 Å². The van der Waals surface area contributed by atoms with Gasteiger partial charge in [-0.1, -0.05) is 26.8 Å². The van der Waals surface area contributed by atoms with Gasteiger partial charge in [-0.2, -0.15) is 0 Å². The summed E-state index contributed by atoms with van der Waals surface area (Å²) in [4.78, 5) is 11.9. The Morgan fingerprint density at radius 2 is 2.06 bits per heavy atom. The van der Waals surface area contributed by atoms with Crippen LogP contribution in [0, 0.1) is 5.92 Å². The molecule has 0 aromatic heterocycles. The third kappa shape index (κ3) is 1.62. The Morgan fingerprint density at radius 3 is 2.69 bits per heavy atom. The smallest absolute Gasteiger partial charge is 0.143 e. The first-order chi connectivity index (χ1) is 7.54. The van der Waals surface area contributed by atoms with E-state index in [1.807, 2.05) is 20.8 Å². The summed E-state index contributed by atoms with van der Waals surface area (Å²) in [7, 11) is 0. The lowest BCUT2D eigenvalue weighted by atomic mass is 9.76. The Hall–Kier alpha value is -1.31. The van der Waals surface area contributed by atoms with Gasteiger partial charge in [0.25, 0.3) is 0 Å². The van der Waals surface area contributed by atoms with Crippen LogP contribution in [-0.4, -0.2) is 10.9 Å². The number of aryl methyl sites for hydroxylation is 1. The van der Waals surface area contributed by atoms with Crippen LogP contribution in [0.3, 0.4) is 0 Å². The van der Waals surface area contributed by atoms with Gasteiger partial charge in [0.1, 0.15) is 11.5 Å². The van der Waals surface area contributed by atoms with Crippen LogP contribution in [-0.2, 0) is 17.6 Å². The van der Waals surface area contributed by atoms with Crippen molar-refractivity contribution in [2.45, 2.75) is 39.5 Å². The number of carbonyl (C=O) groups is 1. The molecule has 2 atom stereocenters.